The van der Waals surface area contributed by atoms with Crippen molar-refractivity contribution in [3.05, 3.63) is 0 Å². The fourth-order valence-corrected chi connectivity index (χ4v) is 5.40. The Labute approximate surface area is 168 Å². The molecule has 1 aliphatic carbocycles. The lowest BCUT2D eigenvalue weighted by molar-refractivity contribution is -0.129. The number of nitrogens with zero attached hydrogens (tertiary/aromatic N) is 2. The number of amides is 2. The topological polar surface area (TPSA) is 52.7 Å². The molecule has 0 unspecified atom stereocenters. The third-order valence-electron chi connectivity index (χ3n) is 6.34. The first-order valence-electron chi connectivity index (χ1n) is 9.97. The second-order valence-electron chi connectivity index (χ2n) is 7.93. The highest BCUT2D eigenvalue weighted by Crippen LogP contribution is 2.27. The average molecular weight is 404 g/mol. The van der Waals surface area contributed by atoms with Gasteiger partial charge in [-0.1, -0.05) is 19.3 Å². The number of hydrogen-bond acceptors (Lipinski definition) is 4. The molecule has 0 aromatic rings. The number of nitrogens with one attached hydrogen (secondary N) is 1. The van der Waals surface area contributed by atoms with Gasteiger partial charge < -0.3 is 15.1 Å². The van der Waals surface area contributed by atoms with Crippen LogP contribution in [0.25, 0.3) is 0 Å². The van der Waals surface area contributed by atoms with Gasteiger partial charge in [0.15, 0.2) is 0 Å². The van der Waals surface area contributed by atoms with E-state index < -0.39 is 0 Å². The van der Waals surface area contributed by atoms with Crippen molar-refractivity contribution in [3.63, 3.8) is 0 Å². The van der Waals surface area contributed by atoms with Gasteiger partial charge in [0.25, 0.3) is 0 Å². The Kier molecular flexibility index (Phi) is 9.04. The van der Waals surface area contributed by atoms with E-state index in [1.54, 1.807) is 0 Å². The van der Waals surface area contributed by atoms with Gasteiger partial charge in [-0.2, -0.15) is 0 Å². The molecule has 0 radical (unpaired) electrons. The first-order valence-corrected chi connectivity index (χ1v) is 11.1. The second-order valence-corrected chi connectivity index (χ2v) is 8.91. The molecule has 1 N–H and O–H groups in total. The monoisotopic (exact) mass is 403 g/mol. The fraction of sp³-hybridized carbons (Fsp3) is 0.895. The van der Waals surface area contributed by atoms with E-state index in [1.807, 2.05) is 16.8 Å². The minimum absolute atomic E-state index is 0. The minimum Gasteiger partial charge on any atom is -0.342 e. The summed E-state index contributed by atoms with van der Waals surface area (Å²) >= 11 is 1.49. The second kappa shape index (κ2) is 10.8. The van der Waals surface area contributed by atoms with E-state index in [0.717, 1.165) is 63.7 Å². The Bertz CT molecular complexity index is 460. The summed E-state index contributed by atoms with van der Waals surface area (Å²) in [6.45, 7) is 4.00. The number of hydrogen-bond donors (Lipinski definition) is 1. The van der Waals surface area contributed by atoms with E-state index >= 15 is 0 Å². The molecule has 0 aromatic carbocycles. The van der Waals surface area contributed by atoms with Crippen LogP contribution < -0.4 is 5.32 Å². The zero-order valence-electron chi connectivity index (χ0n) is 16.0. The van der Waals surface area contributed by atoms with Crippen LogP contribution in [0.15, 0.2) is 0 Å². The number of fused-ring (bicyclic) bond motifs is 1. The predicted molar refractivity (Wildman–Crippen MR) is 110 cm³/mol. The summed E-state index contributed by atoms with van der Waals surface area (Å²) in [5.41, 5.74) is 0. The molecule has 2 atom stereocenters. The van der Waals surface area contributed by atoms with E-state index in [1.165, 1.54) is 31.0 Å². The van der Waals surface area contributed by atoms with Crippen LogP contribution in [-0.2, 0) is 9.59 Å². The van der Waals surface area contributed by atoms with Gasteiger partial charge in [0, 0.05) is 26.2 Å². The van der Waals surface area contributed by atoms with Crippen LogP contribution in [0.5, 0.6) is 0 Å². The summed E-state index contributed by atoms with van der Waals surface area (Å²) in [6, 6.07) is 0.413. The third kappa shape index (κ3) is 5.77. The maximum atomic E-state index is 12.5. The number of carbonyl (C=O) groups is 2. The molecule has 3 aliphatic rings. The van der Waals surface area contributed by atoms with Gasteiger partial charge in [-0.3, -0.25) is 9.59 Å². The SMILES string of the molecule is CN(C(=O)CSCC(=O)N1CC[C@@H]2CNC[C@@H]2CC1)C1CCCCC1.Cl. The molecule has 2 saturated heterocycles. The molecule has 3 rings (SSSR count). The van der Waals surface area contributed by atoms with Gasteiger partial charge in [0.2, 0.25) is 11.8 Å². The Hall–Kier alpha value is -0.460. The van der Waals surface area contributed by atoms with Crippen molar-refractivity contribution in [2.75, 3.05) is 44.7 Å². The Morgan fingerprint density at radius 3 is 2.23 bits per heavy atom. The lowest BCUT2D eigenvalue weighted by Gasteiger charge is -2.31. The Balaban J connectivity index is 0.00000243. The summed E-state index contributed by atoms with van der Waals surface area (Å²) < 4.78 is 0. The molecule has 0 spiro atoms. The van der Waals surface area contributed by atoms with Crippen molar-refractivity contribution in [3.8, 4) is 0 Å². The van der Waals surface area contributed by atoms with E-state index in [4.69, 9.17) is 0 Å². The lowest BCUT2D eigenvalue weighted by Crippen LogP contribution is -2.39. The average Bonchev–Trinajstić information content (AvgIpc) is 2.99. The largest absolute Gasteiger partial charge is 0.342 e. The van der Waals surface area contributed by atoms with Crippen molar-refractivity contribution in [1.82, 2.24) is 15.1 Å². The van der Waals surface area contributed by atoms with Crippen LogP contribution in [0.3, 0.4) is 0 Å². The predicted octanol–water partition coefficient (Wildman–Crippen LogP) is 2.39. The van der Waals surface area contributed by atoms with Crippen LogP contribution in [0.2, 0.25) is 0 Å². The molecular weight excluding hydrogens is 370 g/mol. The van der Waals surface area contributed by atoms with Gasteiger partial charge in [0.1, 0.15) is 0 Å². The quantitative estimate of drug-likeness (QED) is 0.765. The molecule has 7 heteroatoms. The lowest BCUT2D eigenvalue weighted by atomic mass is 9.92. The fourth-order valence-electron chi connectivity index (χ4n) is 4.56. The van der Waals surface area contributed by atoms with Crippen LogP contribution in [-0.4, -0.2) is 72.4 Å². The van der Waals surface area contributed by atoms with Crippen molar-refractivity contribution < 1.29 is 9.59 Å². The first kappa shape index (κ1) is 21.8. The molecule has 2 aliphatic heterocycles. The van der Waals surface area contributed by atoms with Gasteiger partial charge >= 0.3 is 0 Å². The molecular formula is C19H34ClN3O2S. The highest BCUT2D eigenvalue weighted by atomic mass is 35.5. The van der Waals surface area contributed by atoms with E-state index in [2.05, 4.69) is 5.32 Å². The molecule has 0 bridgehead atoms. The molecule has 2 amide bonds. The highest BCUT2D eigenvalue weighted by molar-refractivity contribution is 8.00. The molecule has 0 aromatic heterocycles. The smallest absolute Gasteiger partial charge is 0.232 e. The zero-order valence-corrected chi connectivity index (χ0v) is 17.6. The van der Waals surface area contributed by atoms with Crippen LogP contribution in [0.4, 0.5) is 0 Å². The number of thioether (sulfide) groups is 1. The maximum Gasteiger partial charge on any atom is 0.232 e. The van der Waals surface area contributed by atoms with Crippen molar-refractivity contribution in [2.45, 2.75) is 51.0 Å². The summed E-state index contributed by atoms with van der Waals surface area (Å²) in [5.74, 6) is 2.76. The summed E-state index contributed by atoms with van der Waals surface area (Å²) in [4.78, 5) is 28.8. The van der Waals surface area contributed by atoms with Crippen molar-refractivity contribution in [2.24, 2.45) is 11.8 Å². The van der Waals surface area contributed by atoms with Crippen molar-refractivity contribution in [1.29, 1.82) is 0 Å². The van der Waals surface area contributed by atoms with Crippen molar-refractivity contribution >= 4 is 36.0 Å². The van der Waals surface area contributed by atoms with E-state index in [0.29, 0.717) is 17.5 Å². The standard InChI is InChI=1S/C19H33N3O2S.ClH/c1-21(17-5-3-2-4-6-17)18(23)13-25-14-19(24)22-9-7-15-11-20-12-16(15)8-10-22;/h15-17,20H,2-14H2,1H3;1H/t15-,16+;. The Morgan fingerprint density at radius 1 is 1.00 bits per heavy atom. The van der Waals surface area contributed by atoms with E-state index in [9.17, 15) is 9.59 Å². The molecule has 5 nitrogen and oxygen atoms in total. The zero-order chi connectivity index (χ0) is 17.6. The summed E-state index contributed by atoms with van der Waals surface area (Å²) in [7, 11) is 1.93. The maximum absolute atomic E-state index is 12.5. The van der Waals surface area contributed by atoms with Gasteiger partial charge in [-0.25, -0.2) is 0 Å². The summed E-state index contributed by atoms with van der Waals surface area (Å²) in [5, 5.41) is 3.47. The number of rotatable bonds is 5. The van der Waals surface area contributed by atoms with Gasteiger partial charge in [0.05, 0.1) is 11.5 Å². The van der Waals surface area contributed by atoms with Crippen LogP contribution in [0.1, 0.15) is 44.9 Å². The molecule has 2 heterocycles. The number of likely N-dealkylation sites (tertiary alicyclic amines) is 1. The van der Waals surface area contributed by atoms with E-state index in [-0.39, 0.29) is 24.2 Å². The summed E-state index contributed by atoms with van der Waals surface area (Å²) in [6.07, 6.45) is 8.29. The van der Waals surface area contributed by atoms with Crippen LogP contribution in [0, 0.1) is 11.8 Å². The first-order chi connectivity index (χ1) is 12.1. The molecule has 150 valence electrons. The number of carbonyl (C=O) groups excluding carboxylic acids is 2. The third-order valence-corrected chi connectivity index (χ3v) is 7.24. The normalized spacial score (nSPS) is 26.6. The molecule has 3 fully saturated rings. The van der Waals surface area contributed by atoms with Gasteiger partial charge in [-0.15, -0.1) is 24.2 Å². The molecule has 1 saturated carbocycles. The molecule has 26 heavy (non-hydrogen) atoms. The van der Waals surface area contributed by atoms with Crippen LogP contribution >= 0.6 is 24.2 Å². The minimum atomic E-state index is 0. The number of halogens is 1. The van der Waals surface area contributed by atoms with Gasteiger partial charge in [-0.05, 0) is 50.6 Å². The Morgan fingerprint density at radius 2 is 1.62 bits per heavy atom. The highest BCUT2D eigenvalue weighted by Gasteiger charge is 2.31.